The summed E-state index contributed by atoms with van der Waals surface area (Å²) in [4.78, 5) is 63.0. The van der Waals surface area contributed by atoms with E-state index in [1.165, 1.54) is 0 Å². The summed E-state index contributed by atoms with van der Waals surface area (Å²) < 4.78 is 26.4. The first-order valence-electron chi connectivity index (χ1n) is 16.5. The number of hydrogen-bond acceptors (Lipinski definition) is 12. The Hall–Kier alpha value is -2.73. The number of carbonyl (C=O) groups excluding carboxylic acids is 5. The molecule has 12 nitrogen and oxygen atoms in total. The molecule has 0 aliphatic carbocycles. The number of carbonyl (C=O) groups is 5. The van der Waals surface area contributed by atoms with E-state index in [1.54, 1.807) is 6.92 Å². The minimum Gasteiger partial charge on any atom is -0.466 e. The molecule has 0 saturated carbocycles. The van der Waals surface area contributed by atoms with Crippen LogP contribution in [0.25, 0.3) is 0 Å². The molecule has 44 heavy (non-hydrogen) atoms. The van der Waals surface area contributed by atoms with Crippen LogP contribution in [0.3, 0.4) is 0 Å². The monoisotopic (exact) mass is 630 g/mol. The molecule has 256 valence electrons. The Morgan fingerprint density at radius 2 is 0.932 bits per heavy atom. The van der Waals surface area contributed by atoms with Gasteiger partial charge in [0.2, 0.25) is 0 Å². The number of rotatable bonds is 28. The molecule has 0 saturated heterocycles. The fourth-order valence-corrected chi connectivity index (χ4v) is 3.90. The lowest BCUT2D eigenvalue weighted by Crippen LogP contribution is -2.49. The van der Waals surface area contributed by atoms with E-state index in [9.17, 15) is 24.0 Å². The number of nitrogens with one attached hydrogen (secondary N) is 2. The zero-order valence-electron chi connectivity index (χ0n) is 27.7. The van der Waals surface area contributed by atoms with Crippen LogP contribution in [0.1, 0.15) is 118 Å². The predicted octanol–water partition coefficient (Wildman–Crippen LogP) is 4.16. The average Bonchev–Trinajstić information content (AvgIpc) is 2.99. The normalized spacial score (nSPS) is 12.9. The second-order valence-corrected chi connectivity index (χ2v) is 10.6. The highest BCUT2D eigenvalue weighted by Crippen LogP contribution is 2.10. The van der Waals surface area contributed by atoms with Crippen LogP contribution in [0.15, 0.2) is 0 Å². The van der Waals surface area contributed by atoms with Gasteiger partial charge >= 0.3 is 29.8 Å². The zero-order valence-corrected chi connectivity index (χ0v) is 27.7. The van der Waals surface area contributed by atoms with Gasteiger partial charge in [-0.3, -0.25) is 29.3 Å². The summed E-state index contributed by atoms with van der Waals surface area (Å²) in [7, 11) is 0. The van der Waals surface area contributed by atoms with Crippen molar-refractivity contribution in [2.45, 2.75) is 136 Å². The molecule has 0 fully saturated rings. The molecule has 0 aromatic rings. The van der Waals surface area contributed by atoms with Gasteiger partial charge in [-0.2, -0.15) is 0 Å². The van der Waals surface area contributed by atoms with Crippen molar-refractivity contribution in [2.24, 2.45) is 0 Å². The standard InChI is InChI=1S/C32H58N2O10/c1-6-11-19-41-28(35)23-26(31(38)43-21-13-8-3)33-18-16-15-17-25(30(37)40-10-5)34-27(32(39)44-22-14-9-4)24-29(36)42-20-12-7-2/h25-27,33-34H,6-24H2,1-5H3. The van der Waals surface area contributed by atoms with Crippen LogP contribution in [-0.4, -0.2) is 87.6 Å². The van der Waals surface area contributed by atoms with Crippen molar-refractivity contribution >= 4 is 29.8 Å². The SMILES string of the molecule is CCCCOC(=O)CC(NCCCCC(NC(CC(=O)OCCCC)C(=O)OCCCC)C(=O)OCC)C(=O)OCCCC. The van der Waals surface area contributed by atoms with Gasteiger partial charge < -0.3 is 29.0 Å². The van der Waals surface area contributed by atoms with E-state index in [4.69, 9.17) is 23.7 Å². The van der Waals surface area contributed by atoms with Crippen LogP contribution in [0.5, 0.6) is 0 Å². The fraction of sp³-hybridized carbons (Fsp3) is 0.844. The molecule has 0 aromatic heterocycles. The highest BCUT2D eigenvalue weighted by Gasteiger charge is 2.31. The van der Waals surface area contributed by atoms with Gasteiger partial charge in [0.05, 0.1) is 45.9 Å². The van der Waals surface area contributed by atoms with E-state index >= 15 is 0 Å². The molecule has 3 atom stereocenters. The highest BCUT2D eigenvalue weighted by atomic mass is 16.6. The fourth-order valence-electron chi connectivity index (χ4n) is 3.90. The summed E-state index contributed by atoms with van der Waals surface area (Å²) in [6, 6.07) is -2.79. The van der Waals surface area contributed by atoms with Crippen molar-refractivity contribution in [3.63, 3.8) is 0 Å². The largest absolute Gasteiger partial charge is 0.466 e. The van der Waals surface area contributed by atoms with E-state index in [0.29, 0.717) is 45.3 Å². The minimum atomic E-state index is -1.07. The van der Waals surface area contributed by atoms with Crippen LogP contribution >= 0.6 is 0 Å². The number of ether oxygens (including phenoxy) is 5. The van der Waals surface area contributed by atoms with Crippen molar-refractivity contribution < 1.29 is 47.7 Å². The summed E-state index contributed by atoms with van der Waals surface area (Å²) in [5.74, 6) is -2.71. The van der Waals surface area contributed by atoms with Gasteiger partial charge in [0.1, 0.15) is 18.1 Å². The molecule has 0 aromatic carbocycles. The van der Waals surface area contributed by atoms with E-state index in [2.05, 4.69) is 10.6 Å². The van der Waals surface area contributed by atoms with Crippen molar-refractivity contribution in [1.82, 2.24) is 10.6 Å². The molecule has 12 heteroatoms. The van der Waals surface area contributed by atoms with Gasteiger partial charge in [-0.15, -0.1) is 0 Å². The van der Waals surface area contributed by atoms with Gasteiger partial charge in [-0.1, -0.05) is 59.8 Å². The molecule has 0 heterocycles. The second-order valence-electron chi connectivity index (χ2n) is 10.6. The molecule has 0 radical (unpaired) electrons. The third-order valence-electron chi connectivity index (χ3n) is 6.60. The third kappa shape index (κ3) is 21.1. The smallest absolute Gasteiger partial charge is 0.323 e. The maximum Gasteiger partial charge on any atom is 0.323 e. The molecule has 0 aliphatic heterocycles. The topological polar surface area (TPSA) is 156 Å². The lowest BCUT2D eigenvalue weighted by Gasteiger charge is -2.23. The summed E-state index contributed by atoms with van der Waals surface area (Å²) in [5, 5.41) is 6.06. The molecule has 0 bridgehead atoms. The molecule has 0 amide bonds. The first-order chi connectivity index (χ1) is 21.2. The first kappa shape index (κ1) is 41.3. The third-order valence-corrected chi connectivity index (χ3v) is 6.60. The lowest BCUT2D eigenvalue weighted by molar-refractivity contribution is -0.155. The highest BCUT2D eigenvalue weighted by molar-refractivity contribution is 5.84. The molecular formula is C32H58N2O10. The van der Waals surface area contributed by atoms with E-state index < -0.39 is 48.0 Å². The van der Waals surface area contributed by atoms with Gasteiger partial charge in [0.15, 0.2) is 0 Å². The van der Waals surface area contributed by atoms with Gasteiger partial charge in [0.25, 0.3) is 0 Å². The van der Waals surface area contributed by atoms with Crippen molar-refractivity contribution in [3.05, 3.63) is 0 Å². The maximum atomic E-state index is 12.8. The molecule has 0 spiro atoms. The van der Waals surface area contributed by atoms with Crippen LogP contribution in [0, 0.1) is 0 Å². The predicted molar refractivity (Wildman–Crippen MR) is 166 cm³/mol. The zero-order chi connectivity index (χ0) is 33.0. The first-order valence-corrected chi connectivity index (χ1v) is 16.5. The Kier molecular flexibility index (Phi) is 26.1. The summed E-state index contributed by atoms with van der Waals surface area (Å²) in [6.45, 7) is 11.2. The Bertz CT molecular complexity index is 808. The average molecular weight is 631 g/mol. The van der Waals surface area contributed by atoms with Crippen LogP contribution in [-0.2, 0) is 47.7 Å². The van der Waals surface area contributed by atoms with E-state index in [1.807, 2.05) is 27.7 Å². The molecule has 3 unspecified atom stereocenters. The Morgan fingerprint density at radius 1 is 0.500 bits per heavy atom. The van der Waals surface area contributed by atoms with Crippen molar-refractivity contribution in [2.75, 3.05) is 39.6 Å². The number of unbranched alkanes of at least 4 members (excludes halogenated alkanes) is 5. The number of hydrogen-bond donors (Lipinski definition) is 2. The van der Waals surface area contributed by atoms with Crippen LogP contribution in [0.4, 0.5) is 0 Å². The van der Waals surface area contributed by atoms with Crippen LogP contribution < -0.4 is 10.6 Å². The Balaban J connectivity index is 5.27. The summed E-state index contributed by atoms with van der Waals surface area (Å²) in [5.41, 5.74) is 0. The summed E-state index contributed by atoms with van der Waals surface area (Å²) >= 11 is 0. The number of esters is 5. The molecule has 2 N–H and O–H groups in total. The maximum absolute atomic E-state index is 12.8. The minimum absolute atomic E-state index is 0.141. The molecule has 0 aliphatic rings. The lowest BCUT2D eigenvalue weighted by atomic mass is 10.1. The Labute approximate surface area is 264 Å². The van der Waals surface area contributed by atoms with E-state index in [0.717, 1.165) is 38.5 Å². The Morgan fingerprint density at radius 3 is 1.41 bits per heavy atom. The quantitative estimate of drug-likeness (QED) is 0.0724. The van der Waals surface area contributed by atoms with Crippen molar-refractivity contribution in [1.29, 1.82) is 0 Å². The van der Waals surface area contributed by atoms with Gasteiger partial charge in [0, 0.05) is 0 Å². The van der Waals surface area contributed by atoms with Crippen LogP contribution in [0.2, 0.25) is 0 Å². The molecule has 0 rings (SSSR count). The second kappa shape index (κ2) is 27.8. The van der Waals surface area contributed by atoms with Crippen molar-refractivity contribution in [3.8, 4) is 0 Å². The van der Waals surface area contributed by atoms with Gasteiger partial charge in [-0.05, 0) is 52.0 Å². The summed E-state index contributed by atoms with van der Waals surface area (Å²) in [6.07, 6.45) is 7.26. The van der Waals surface area contributed by atoms with E-state index in [-0.39, 0.29) is 39.3 Å². The van der Waals surface area contributed by atoms with Gasteiger partial charge in [-0.25, -0.2) is 0 Å². The molecular weight excluding hydrogens is 572 g/mol.